The number of hydrogen-bond donors (Lipinski definition) is 3. The number of allylic oxidation sites excluding steroid dienone is 2. The van der Waals surface area contributed by atoms with Gasteiger partial charge in [0.2, 0.25) is 0 Å². The van der Waals surface area contributed by atoms with E-state index in [4.69, 9.17) is 0 Å². The highest BCUT2D eigenvalue weighted by molar-refractivity contribution is 4.75. The molecule has 0 aromatic heterocycles. The standard InChI is InChI=1S/C10H21N3/c1-3-5-11-7-9-13-10-8-12-6-4-2/h3-6,11-13H,7-10H2,1-2H3. The lowest BCUT2D eigenvalue weighted by atomic mass is 10.5. The van der Waals surface area contributed by atoms with Crippen molar-refractivity contribution in [2.75, 3.05) is 26.2 Å². The molecule has 0 aliphatic carbocycles. The lowest BCUT2D eigenvalue weighted by Crippen LogP contribution is -2.29. The SMILES string of the molecule is CC=CNCCNCCNC=CC. The second-order valence-corrected chi connectivity index (χ2v) is 2.66. The molecule has 3 heteroatoms. The van der Waals surface area contributed by atoms with Crippen molar-refractivity contribution < 1.29 is 0 Å². The van der Waals surface area contributed by atoms with Crippen LogP contribution in [0.5, 0.6) is 0 Å². The van der Waals surface area contributed by atoms with E-state index < -0.39 is 0 Å². The van der Waals surface area contributed by atoms with Crippen molar-refractivity contribution in [1.29, 1.82) is 0 Å². The molecule has 3 nitrogen and oxygen atoms in total. The maximum absolute atomic E-state index is 3.31. The smallest absolute Gasteiger partial charge is 0.0266 e. The van der Waals surface area contributed by atoms with Crippen LogP contribution < -0.4 is 16.0 Å². The molecule has 0 spiro atoms. The van der Waals surface area contributed by atoms with Crippen molar-refractivity contribution in [1.82, 2.24) is 16.0 Å². The summed E-state index contributed by atoms with van der Waals surface area (Å²) in [5.41, 5.74) is 0. The molecule has 0 bridgehead atoms. The Kier molecular flexibility index (Phi) is 10.2. The highest BCUT2D eigenvalue weighted by Gasteiger charge is 1.83. The molecule has 0 amide bonds. The lowest BCUT2D eigenvalue weighted by Gasteiger charge is -2.04. The summed E-state index contributed by atoms with van der Waals surface area (Å²) in [5.74, 6) is 0. The van der Waals surface area contributed by atoms with E-state index in [1.807, 2.05) is 38.4 Å². The van der Waals surface area contributed by atoms with E-state index in [1.165, 1.54) is 0 Å². The predicted octanol–water partition coefficient (Wildman–Crippen LogP) is 0.822. The molecule has 0 heterocycles. The number of rotatable bonds is 8. The third kappa shape index (κ3) is 11.0. The first-order chi connectivity index (χ1) is 6.41. The van der Waals surface area contributed by atoms with Crippen molar-refractivity contribution in [3.63, 3.8) is 0 Å². The van der Waals surface area contributed by atoms with E-state index >= 15 is 0 Å². The largest absolute Gasteiger partial charge is 0.390 e. The van der Waals surface area contributed by atoms with Crippen LogP contribution in [0.4, 0.5) is 0 Å². The van der Waals surface area contributed by atoms with Crippen molar-refractivity contribution in [2.45, 2.75) is 13.8 Å². The number of nitrogens with one attached hydrogen (secondary N) is 3. The van der Waals surface area contributed by atoms with Gasteiger partial charge in [-0.25, -0.2) is 0 Å². The van der Waals surface area contributed by atoms with Crippen molar-refractivity contribution in [3.05, 3.63) is 24.6 Å². The zero-order valence-electron chi connectivity index (χ0n) is 8.64. The van der Waals surface area contributed by atoms with Crippen LogP contribution in [0.1, 0.15) is 13.8 Å². The summed E-state index contributed by atoms with van der Waals surface area (Å²) >= 11 is 0. The van der Waals surface area contributed by atoms with Crippen LogP contribution in [0.2, 0.25) is 0 Å². The van der Waals surface area contributed by atoms with Crippen LogP contribution in [0.25, 0.3) is 0 Å². The molecular weight excluding hydrogens is 162 g/mol. The van der Waals surface area contributed by atoms with Crippen LogP contribution in [0.3, 0.4) is 0 Å². The summed E-state index contributed by atoms with van der Waals surface area (Å²) < 4.78 is 0. The molecule has 0 aromatic carbocycles. The van der Waals surface area contributed by atoms with Gasteiger partial charge in [0, 0.05) is 26.2 Å². The summed E-state index contributed by atoms with van der Waals surface area (Å²) in [6, 6.07) is 0. The third-order valence-electron chi connectivity index (χ3n) is 1.46. The molecule has 0 atom stereocenters. The lowest BCUT2D eigenvalue weighted by molar-refractivity contribution is 0.643. The Bertz CT molecular complexity index is 125. The Morgan fingerprint density at radius 3 is 1.62 bits per heavy atom. The molecular formula is C10H21N3. The Hall–Kier alpha value is -0.960. The van der Waals surface area contributed by atoms with Gasteiger partial charge < -0.3 is 16.0 Å². The Balaban J connectivity index is 2.91. The highest BCUT2D eigenvalue weighted by atomic mass is 15.0. The molecule has 0 unspecified atom stereocenters. The zero-order valence-corrected chi connectivity index (χ0v) is 8.64. The normalized spacial score (nSPS) is 11.2. The van der Waals surface area contributed by atoms with Gasteiger partial charge in [0.25, 0.3) is 0 Å². The molecule has 0 aliphatic heterocycles. The van der Waals surface area contributed by atoms with Gasteiger partial charge in [0.1, 0.15) is 0 Å². The van der Waals surface area contributed by atoms with Gasteiger partial charge >= 0.3 is 0 Å². The average molecular weight is 183 g/mol. The third-order valence-corrected chi connectivity index (χ3v) is 1.46. The van der Waals surface area contributed by atoms with Gasteiger partial charge in [-0.05, 0) is 26.2 Å². The van der Waals surface area contributed by atoms with Crippen molar-refractivity contribution in [2.24, 2.45) is 0 Å². The fourth-order valence-electron chi connectivity index (χ4n) is 0.848. The van der Waals surface area contributed by atoms with Crippen LogP contribution in [0.15, 0.2) is 24.6 Å². The molecule has 0 radical (unpaired) electrons. The van der Waals surface area contributed by atoms with E-state index in [0.717, 1.165) is 26.2 Å². The van der Waals surface area contributed by atoms with Gasteiger partial charge in [-0.3, -0.25) is 0 Å². The van der Waals surface area contributed by atoms with Gasteiger partial charge in [-0.15, -0.1) is 0 Å². The maximum atomic E-state index is 3.31. The summed E-state index contributed by atoms with van der Waals surface area (Å²) in [6.45, 7) is 7.97. The van der Waals surface area contributed by atoms with E-state index in [0.29, 0.717) is 0 Å². The molecule has 0 saturated carbocycles. The Morgan fingerprint density at radius 1 is 0.769 bits per heavy atom. The average Bonchev–Trinajstić information content (AvgIpc) is 2.16. The molecule has 76 valence electrons. The fourth-order valence-corrected chi connectivity index (χ4v) is 0.848. The predicted molar refractivity (Wildman–Crippen MR) is 58.5 cm³/mol. The number of hydrogen-bond acceptors (Lipinski definition) is 3. The second-order valence-electron chi connectivity index (χ2n) is 2.66. The molecule has 13 heavy (non-hydrogen) atoms. The van der Waals surface area contributed by atoms with Crippen molar-refractivity contribution >= 4 is 0 Å². The zero-order chi connectivity index (χ0) is 9.78. The molecule has 0 fully saturated rings. The molecule has 0 saturated heterocycles. The van der Waals surface area contributed by atoms with E-state index in [9.17, 15) is 0 Å². The minimum Gasteiger partial charge on any atom is -0.390 e. The quantitative estimate of drug-likeness (QED) is 0.488. The summed E-state index contributed by atoms with van der Waals surface area (Å²) in [4.78, 5) is 0. The minimum atomic E-state index is 0.980. The molecule has 0 rings (SSSR count). The van der Waals surface area contributed by atoms with Gasteiger partial charge in [-0.2, -0.15) is 0 Å². The molecule has 0 aromatic rings. The van der Waals surface area contributed by atoms with E-state index in [-0.39, 0.29) is 0 Å². The topological polar surface area (TPSA) is 36.1 Å². The highest BCUT2D eigenvalue weighted by Crippen LogP contribution is 1.65. The second kappa shape index (κ2) is 11.0. The summed E-state index contributed by atoms with van der Waals surface area (Å²) in [6.07, 6.45) is 7.90. The van der Waals surface area contributed by atoms with Crippen LogP contribution >= 0.6 is 0 Å². The maximum Gasteiger partial charge on any atom is 0.0266 e. The first-order valence-electron chi connectivity index (χ1n) is 4.81. The van der Waals surface area contributed by atoms with Crippen LogP contribution in [-0.2, 0) is 0 Å². The van der Waals surface area contributed by atoms with E-state index in [2.05, 4.69) is 16.0 Å². The molecule has 0 aliphatic rings. The van der Waals surface area contributed by atoms with Crippen LogP contribution in [-0.4, -0.2) is 26.2 Å². The van der Waals surface area contributed by atoms with Gasteiger partial charge in [-0.1, -0.05) is 12.2 Å². The molecule has 3 N–H and O–H groups in total. The Morgan fingerprint density at radius 2 is 1.23 bits per heavy atom. The van der Waals surface area contributed by atoms with E-state index in [1.54, 1.807) is 0 Å². The minimum absolute atomic E-state index is 0.980. The van der Waals surface area contributed by atoms with Crippen LogP contribution in [0, 0.1) is 0 Å². The first-order valence-corrected chi connectivity index (χ1v) is 4.81. The summed E-state index contributed by atoms with van der Waals surface area (Å²) in [5, 5.41) is 9.63. The van der Waals surface area contributed by atoms with Gasteiger partial charge in [0.15, 0.2) is 0 Å². The monoisotopic (exact) mass is 183 g/mol. The van der Waals surface area contributed by atoms with Gasteiger partial charge in [0.05, 0.1) is 0 Å². The fraction of sp³-hybridized carbons (Fsp3) is 0.600. The first kappa shape index (κ1) is 12.0. The Labute approximate surface area is 81.3 Å². The van der Waals surface area contributed by atoms with Crippen molar-refractivity contribution in [3.8, 4) is 0 Å². The summed E-state index contributed by atoms with van der Waals surface area (Å²) in [7, 11) is 0.